The Labute approximate surface area is 115 Å². The summed E-state index contributed by atoms with van der Waals surface area (Å²) in [5.74, 6) is 0. The molecule has 6 heteroatoms. The summed E-state index contributed by atoms with van der Waals surface area (Å²) in [6.07, 6.45) is 1.60. The van der Waals surface area contributed by atoms with Crippen molar-refractivity contribution in [2.75, 3.05) is 38.2 Å². The van der Waals surface area contributed by atoms with Gasteiger partial charge in [0.05, 0.1) is 23.0 Å². The number of hydrogen-bond acceptors (Lipinski definition) is 5. The SMILES string of the molecule is COC(=O)N1CCN(c2ccnc3ccsc23)CC1. The molecular weight excluding hydrogens is 262 g/mol. The molecule has 1 saturated heterocycles. The average Bonchev–Trinajstić information content (AvgIpc) is 2.95. The maximum Gasteiger partial charge on any atom is 0.409 e. The molecule has 3 rings (SSSR count). The van der Waals surface area contributed by atoms with Gasteiger partial charge in [-0.2, -0.15) is 0 Å². The van der Waals surface area contributed by atoms with Crippen LogP contribution in [0.5, 0.6) is 0 Å². The van der Waals surface area contributed by atoms with Crippen LogP contribution in [0.3, 0.4) is 0 Å². The lowest BCUT2D eigenvalue weighted by Gasteiger charge is -2.35. The van der Waals surface area contributed by atoms with Crippen LogP contribution in [0.25, 0.3) is 10.2 Å². The second-order valence-electron chi connectivity index (χ2n) is 4.41. The number of carbonyl (C=O) groups excluding carboxylic acids is 1. The zero-order valence-corrected chi connectivity index (χ0v) is 11.5. The molecule has 100 valence electrons. The van der Waals surface area contributed by atoms with E-state index in [0.29, 0.717) is 13.1 Å². The quantitative estimate of drug-likeness (QED) is 0.801. The van der Waals surface area contributed by atoms with Gasteiger partial charge in [0.2, 0.25) is 0 Å². The minimum Gasteiger partial charge on any atom is -0.453 e. The Morgan fingerprint density at radius 3 is 2.84 bits per heavy atom. The van der Waals surface area contributed by atoms with Gasteiger partial charge in [-0.3, -0.25) is 4.98 Å². The van der Waals surface area contributed by atoms with Gasteiger partial charge in [-0.15, -0.1) is 11.3 Å². The minimum atomic E-state index is -0.240. The molecule has 0 aromatic carbocycles. The summed E-state index contributed by atoms with van der Waals surface area (Å²) in [5, 5.41) is 2.06. The van der Waals surface area contributed by atoms with Gasteiger partial charge in [0.15, 0.2) is 0 Å². The Hall–Kier alpha value is -1.82. The molecular formula is C13H15N3O2S. The van der Waals surface area contributed by atoms with Crippen molar-refractivity contribution in [3.8, 4) is 0 Å². The first kappa shape index (κ1) is 12.2. The van der Waals surface area contributed by atoms with Gasteiger partial charge >= 0.3 is 6.09 Å². The molecule has 0 bridgehead atoms. The van der Waals surface area contributed by atoms with E-state index in [1.807, 2.05) is 18.3 Å². The van der Waals surface area contributed by atoms with E-state index < -0.39 is 0 Å². The number of thiophene rings is 1. The number of pyridine rings is 1. The van der Waals surface area contributed by atoms with Crippen molar-refractivity contribution in [3.63, 3.8) is 0 Å². The third kappa shape index (κ3) is 2.23. The Balaban J connectivity index is 1.78. The van der Waals surface area contributed by atoms with Crippen molar-refractivity contribution in [2.24, 2.45) is 0 Å². The third-order valence-corrected chi connectivity index (χ3v) is 4.30. The van der Waals surface area contributed by atoms with Crippen LogP contribution in [0.2, 0.25) is 0 Å². The Morgan fingerprint density at radius 2 is 2.11 bits per heavy atom. The van der Waals surface area contributed by atoms with E-state index in [4.69, 9.17) is 4.74 Å². The fourth-order valence-electron chi connectivity index (χ4n) is 2.37. The average molecular weight is 277 g/mol. The molecule has 1 fully saturated rings. The number of ether oxygens (including phenoxy) is 1. The van der Waals surface area contributed by atoms with Gasteiger partial charge < -0.3 is 14.5 Å². The third-order valence-electron chi connectivity index (χ3n) is 3.38. The number of rotatable bonds is 1. The van der Waals surface area contributed by atoms with Crippen LogP contribution in [0.15, 0.2) is 23.7 Å². The van der Waals surface area contributed by atoms with Crippen molar-refractivity contribution in [2.45, 2.75) is 0 Å². The summed E-state index contributed by atoms with van der Waals surface area (Å²) in [6.45, 7) is 3.04. The number of carbonyl (C=O) groups is 1. The Bertz CT molecular complexity index is 590. The van der Waals surface area contributed by atoms with Crippen LogP contribution in [0.1, 0.15) is 0 Å². The second kappa shape index (κ2) is 5.05. The number of aromatic nitrogens is 1. The molecule has 1 aliphatic rings. The topological polar surface area (TPSA) is 45.7 Å². The largest absolute Gasteiger partial charge is 0.453 e. The summed E-state index contributed by atoms with van der Waals surface area (Å²) in [4.78, 5) is 19.9. The molecule has 3 heterocycles. The number of nitrogens with zero attached hydrogens (tertiary/aromatic N) is 3. The minimum absolute atomic E-state index is 0.240. The molecule has 0 unspecified atom stereocenters. The molecule has 1 aliphatic heterocycles. The highest BCUT2D eigenvalue weighted by Crippen LogP contribution is 2.30. The van der Waals surface area contributed by atoms with Crippen LogP contribution in [-0.4, -0.2) is 49.3 Å². The maximum absolute atomic E-state index is 11.5. The van der Waals surface area contributed by atoms with Gasteiger partial charge in [-0.05, 0) is 17.5 Å². The molecule has 0 aliphatic carbocycles. The molecule has 0 radical (unpaired) electrons. The van der Waals surface area contributed by atoms with Gasteiger partial charge in [0.1, 0.15) is 0 Å². The number of piperazine rings is 1. The van der Waals surface area contributed by atoms with Crippen LogP contribution >= 0.6 is 11.3 Å². The smallest absolute Gasteiger partial charge is 0.409 e. The predicted octanol–water partition coefficient (Wildman–Crippen LogP) is 2.18. The summed E-state index contributed by atoms with van der Waals surface area (Å²) in [5.41, 5.74) is 2.25. The lowest BCUT2D eigenvalue weighted by molar-refractivity contribution is 0.121. The Morgan fingerprint density at radius 1 is 1.32 bits per heavy atom. The number of hydrogen-bond donors (Lipinski definition) is 0. The number of fused-ring (bicyclic) bond motifs is 1. The predicted molar refractivity (Wildman–Crippen MR) is 75.8 cm³/mol. The van der Waals surface area contributed by atoms with Crippen molar-refractivity contribution in [1.82, 2.24) is 9.88 Å². The number of methoxy groups -OCH3 is 1. The highest BCUT2D eigenvalue weighted by molar-refractivity contribution is 7.17. The number of amides is 1. The molecule has 0 spiro atoms. The van der Waals surface area contributed by atoms with Crippen molar-refractivity contribution in [3.05, 3.63) is 23.7 Å². The van der Waals surface area contributed by atoms with Crippen molar-refractivity contribution < 1.29 is 9.53 Å². The van der Waals surface area contributed by atoms with Crippen molar-refractivity contribution >= 4 is 33.3 Å². The molecule has 1 amide bonds. The van der Waals surface area contributed by atoms with Gasteiger partial charge in [0, 0.05) is 32.4 Å². The van der Waals surface area contributed by atoms with Gasteiger partial charge in [0.25, 0.3) is 0 Å². The zero-order valence-electron chi connectivity index (χ0n) is 10.7. The van der Waals surface area contributed by atoms with Crippen LogP contribution < -0.4 is 4.90 Å². The fourth-order valence-corrected chi connectivity index (χ4v) is 3.26. The van der Waals surface area contributed by atoms with E-state index in [1.165, 1.54) is 17.5 Å². The fraction of sp³-hybridized carbons (Fsp3) is 0.385. The normalized spacial score (nSPS) is 15.8. The zero-order chi connectivity index (χ0) is 13.2. The van der Waals surface area contributed by atoms with E-state index in [2.05, 4.69) is 15.3 Å². The Kier molecular flexibility index (Phi) is 3.25. The molecule has 2 aromatic rings. The van der Waals surface area contributed by atoms with E-state index in [9.17, 15) is 4.79 Å². The number of anilines is 1. The summed E-state index contributed by atoms with van der Waals surface area (Å²) in [6, 6.07) is 4.08. The van der Waals surface area contributed by atoms with Gasteiger partial charge in [-0.25, -0.2) is 4.79 Å². The van der Waals surface area contributed by atoms with E-state index in [0.717, 1.165) is 18.6 Å². The lowest BCUT2D eigenvalue weighted by atomic mass is 10.2. The molecule has 0 saturated carbocycles. The second-order valence-corrected chi connectivity index (χ2v) is 5.33. The first-order valence-corrected chi connectivity index (χ1v) is 7.07. The van der Waals surface area contributed by atoms with E-state index in [1.54, 1.807) is 16.2 Å². The van der Waals surface area contributed by atoms with Crippen LogP contribution in [0.4, 0.5) is 10.5 Å². The van der Waals surface area contributed by atoms with Crippen LogP contribution in [-0.2, 0) is 4.74 Å². The molecule has 5 nitrogen and oxygen atoms in total. The molecule has 19 heavy (non-hydrogen) atoms. The highest BCUT2D eigenvalue weighted by atomic mass is 32.1. The van der Waals surface area contributed by atoms with E-state index >= 15 is 0 Å². The molecule has 2 aromatic heterocycles. The van der Waals surface area contributed by atoms with Gasteiger partial charge in [-0.1, -0.05) is 0 Å². The van der Waals surface area contributed by atoms with E-state index in [-0.39, 0.29) is 6.09 Å². The highest BCUT2D eigenvalue weighted by Gasteiger charge is 2.22. The standard InChI is InChI=1S/C13H15N3O2S/c1-18-13(17)16-7-5-15(6-8-16)11-2-4-14-10-3-9-19-12(10)11/h2-4,9H,5-8H2,1H3. The first-order chi connectivity index (χ1) is 9.29. The molecule has 0 atom stereocenters. The molecule has 0 N–H and O–H groups in total. The summed E-state index contributed by atoms with van der Waals surface area (Å²) in [7, 11) is 1.42. The maximum atomic E-state index is 11.5. The summed E-state index contributed by atoms with van der Waals surface area (Å²) >= 11 is 1.71. The first-order valence-electron chi connectivity index (χ1n) is 6.19. The van der Waals surface area contributed by atoms with Crippen LogP contribution in [0, 0.1) is 0 Å². The summed E-state index contributed by atoms with van der Waals surface area (Å²) < 4.78 is 5.97. The monoisotopic (exact) mass is 277 g/mol. The lowest BCUT2D eigenvalue weighted by Crippen LogP contribution is -2.48. The van der Waals surface area contributed by atoms with Crippen molar-refractivity contribution in [1.29, 1.82) is 0 Å².